The van der Waals surface area contributed by atoms with Crippen LogP contribution in [0.15, 0.2) is 122 Å². The Kier molecular flexibility index (Phi) is 7.54. The highest BCUT2D eigenvalue weighted by molar-refractivity contribution is 5.94. The molecule has 1 saturated heterocycles. The molecule has 220 valence electrons. The second kappa shape index (κ2) is 11.9. The summed E-state index contributed by atoms with van der Waals surface area (Å²) in [5, 5.41) is 9.94. The third-order valence-corrected chi connectivity index (χ3v) is 8.25. The molecule has 0 unspecified atom stereocenters. The first-order valence-electron chi connectivity index (χ1n) is 15.3. The summed E-state index contributed by atoms with van der Waals surface area (Å²) < 4.78 is 8.27. The third kappa shape index (κ3) is 4.99. The average molecular weight is 581 g/mol. The Morgan fingerprint density at radius 3 is 1.91 bits per heavy atom. The molecular formula is C37H36N6O. The third-order valence-electron chi connectivity index (χ3n) is 8.25. The zero-order valence-electron chi connectivity index (χ0n) is 25.1. The molecule has 1 aliphatic rings. The average Bonchev–Trinajstić information content (AvgIpc) is 3.46. The van der Waals surface area contributed by atoms with Gasteiger partial charge in [-0.25, -0.2) is 14.6 Å². The van der Waals surface area contributed by atoms with E-state index in [1.54, 1.807) is 0 Å². The van der Waals surface area contributed by atoms with Crippen molar-refractivity contribution >= 4 is 16.7 Å². The van der Waals surface area contributed by atoms with Gasteiger partial charge in [-0.05, 0) is 42.7 Å². The van der Waals surface area contributed by atoms with E-state index in [1.165, 1.54) is 0 Å². The van der Waals surface area contributed by atoms with Crippen LogP contribution in [0.4, 0.5) is 5.82 Å². The van der Waals surface area contributed by atoms with Crippen molar-refractivity contribution in [2.45, 2.75) is 25.5 Å². The highest BCUT2D eigenvalue weighted by atomic mass is 16.5. The van der Waals surface area contributed by atoms with Crippen LogP contribution in [0.5, 0.6) is 5.88 Å². The number of benzene rings is 3. The van der Waals surface area contributed by atoms with E-state index in [4.69, 9.17) is 19.8 Å². The van der Waals surface area contributed by atoms with Crippen molar-refractivity contribution in [3.8, 4) is 17.1 Å². The van der Waals surface area contributed by atoms with Gasteiger partial charge in [0.05, 0.1) is 17.8 Å². The van der Waals surface area contributed by atoms with Crippen molar-refractivity contribution in [3.05, 3.63) is 138 Å². The minimum absolute atomic E-state index is 0.00395. The van der Waals surface area contributed by atoms with Crippen LogP contribution in [0.2, 0.25) is 0 Å². The fourth-order valence-electron chi connectivity index (χ4n) is 6.31. The minimum Gasteiger partial charge on any atom is -0.475 e. The van der Waals surface area contributed by atoms with Crippen LogP contribution in [-0.4, -0.2) is 52.0 Å². The Morgan fingerprint density at radius 2 is 1.34 bits per heavy atom. The van der Waals surface area contributed by atoms with Gasteiger partial charge < -0.3 is 15.0 Å². The van der Waals surface area contributed by atoms with E-state index >= 15 is 0 Å². The maximum absolute atomic E-state index is 6.11. The molecule has 1 N–H and O–H groups in total. The Labute approximate surface area is 258 Å². The highest BCUT2D eigenvalue weighted by Gasteiger charge is 2.41. The Bertz CT molecular complexity index is 1750. The maximum Gasteiger partial charge on any atom is 0.214 e. The number of rotatable bonds is 8. The van der Waals surface area contributed by atoms with E-state index in [1.807, 2.05) is 32.3 Å². The molecule has 0 saturated carbocycles. The first-order valence-corrected chi connectivity index (χ1v) is 15.3. The number of aromatic nitrogens is 4. The van der Waals surface area contributed by atoms with Gasteiger partial charge in [0.15, 0.2) is 0 Å². The van der Waals surface area contributed by atoms with Crippen molar-refractivity contribution in [1.29, 1.82) is 0 Å². The molecule has 0 spiro atoms. The number of hydrogen-bond donors (Lipinski definition) is 1. The normalized spacial score (nSPS) is 13.8. The summed E-state index contributed by atoms with van der Waals surface area (Å²) in [4.78, 5) is 11.9. The van der Waals surface area contributed by atoms with E-state index in [2.05, 4.69) is 118 Å². The molecule has 4 heterocycles. The van der Waals surface area contributed by atoms with E-state index < -0.39 is 5.54 Å². The Hall–Kier alpha value is -5.01. The van der Waals surface area contributed by atoms with Crippen molar-refractivity contribution in [3.63, 3.8) is 0 Å². The molecule has 44 heavy (non-hydrogen) atoms. The number of piperazine rings is 1. The summed E-state index contributed by atoms with van der Waals surface area (Å²) >= 11 is 0. The molecule has 0 radical (unpaired) electrons. The SMILES string of the molecule is CC(C)Oc1cc2c(-c3ccnc(N4CCNCC4)c3)nn(C(c3ccccc3)(c3ccccc3)c3ccccc3)c2cn1. The van der Waals surface area contributed by atoms with E-state index in [0.29, 0.717) is 5.88 Å². The zero-order valence-corrected chi connectivity index (χ0v) is 25.1. The minimum atomic E-state index is -0.781. The molecule has 7 heteroatoms. The van der Waals surface area contributed by atoms with Crippen LogP contribution in [0.25, 0.3) is 22.2 Å². The van der Waals surface area contributed by atoms with Gasteiger partial charge in [-0.15, -0.1) is 0 Å². The smallest absolute Gasteiger partial charge is 0.214 e. The summed E-state index contributed by atoms with van der Waals surface area (Å²) in [6, 6.07) is 38.1. The van der Waals surface area contributed by atoms with E-state index in [0.717, 1.165) is 70.8 Å². The molecule has 7 nitrogen and oxygen atoms in total. The summed E-state index contributed by atoms with van der Waals surface area (Å²) in [6.45, 7) is 7.76. The van der Waals surface area contributed by atoms with Crippen LogP contribution in [0.1, 0.15) is 30.5 Å². The monoisotopic (exact) mass is 580 g/mol. The molecule has 0 bridgehead atoms. The van der Waals surface area contributed by atoms with Crippen molar-refractivity contribution in [2.75, 3.05) is 31.1 Å². The molecule has 6 aromatic rings. The molecule has 0 aliphatic carbocycles. The molecule has 1 fully saturated rings. The molecule has 3 aromatic heterocycles. The van der Waals surface area contributed by atoms with Gasteiger partial charge in [-0.3, -0.25) is 0 Å². The molecule has 7 rings (SSSR count). The van der Waals surface area contributed by atoms with Crippen LogP contribution < -0.4 is 15.0 Å². The summed E-state index contributed by atoms with van der Waals surface area (Å²) in [7, 11) is 0. The lowest BCUT2D eigenvalue weighted by Gasteiger charge is -2.37. The molecule has 1 aliphatic heterocycles. The second-order valence-corrected chi connectivity index (χ2v) is 11.4. The highest BCUT2D eigenvalue weighted by Crippen LogP contribution is 2.44. The number of pyridine rings is 2. The number of anilines is 1. The van der Waals surface area contributed by atoms with Gasteiger partial charge in [-0.1, -0.05) is 91.0 Å². The fraction of sp³-hybridized carbons (Fsp3) is 0.216. The van der Waals surface area contributed by atoms with E-state index in [-0.39, 0.29) is 6.10 Å². The predicted octanol–water partition coefficient (Wildman–Crippen LogP) is 6.53. The van der Waals surface area contributed by atoms with Crippen molar-refractivity contribution < 1.29 is 4.74 Å². The number of ether oxygens (including phenoxy) is 1. The summed E-state index contributed by atoms with van der Waals surface area (Å²) in [6.07, 6.45) is 3.80. The summed E-state index contributed by atoms with van der Waals surface area (Å²) in [5.41, 5.74) is 5.31. The molecular weight excluding hydrogens is 544 g/mol. The number of fused-ring (bicyclic) bond motifs is 1. The van der Waals surface area contributed by atoms with Gasteiger partial charge in [-0.2, -0.15) is 5.10 Å². The largest absolute Gasteiger partial charge is 0.475 e. The van der Waals surface area contributed by atoms with Crippen LogP contribution in [-0.2, 0) is 5.54 Å². The lowest BCUT2D eigenvalue weighted by Crippen LogP contribution is -2.43. The quantitative estimate of drug-likeness (QED) is 0.207. The lowest BCUT2D eigenvalue weighted by atomic mass is 9.77. The molecule has 0 atom stereocenters. The lowest BCUT2D eigenvalue weighted by molar-refractivity contribution is 0.233. The predicted molar refractivity (Wildman–Crippen MR) is 176 cm³/mol. The maximum atomic E-state index is 6.11. The van der Waals surface area contributed by atoms with Crippen LogP contribution in [0.3, 0.4) is 0 Å². The Balaban J connectivity index is 1.55. The van der Waals surface area contributed by atoms with Crippen LogP contribution in [0, 0.1) is 0 Å². The van der Waals surface area contributed by atoms with Crippen LogP contribution >= 0.6 is 0 Å². The van der Waals surface area contributed by atoms with Gasteiger partial charge in [0, 0.05) is 49.4 Å². The molecule has 0 amide bonds. The van der Waals surface area contributed by atoms with Crippen molar-refractivity contribution in [1.82, 2.24) is 25.1 Å². The van der Waals surface area contributed by atoms with Gasteiger partial charge >= 0.3 is 0 Å². The number of nitrogens with zero attached hydrogens (tertiary/aromatic N) is 5. The van der Waals surface area contributed by atoms with Crippen molar-refractivity contribution in [2.24, 2.45) is 0 Å². The number of nitrogens with one attached hydrogen (secondary N) is 1. The van der Waals surface area contributed by atoms with Gasteiger partial charge in [0.25, 0.3) is 0 Å². The summed E-state index contributed by atoms with van der Waals surface area (Å²) in [5.74, 6) is 1.54. The Morgan fingerprint density at radius 1 is 0.750 bits per heavy atom. The zero-order chi connectivity index (χ0) is 29.9. The topological polar surface area (TPSA) is 68.1 Å². The number of hydrogen-bond acceptors (Lipinski definition) is 6. The fourth-order valence-corrected chi connectivity index (χ4v) is 6.31. The van der Waals surface area contributed by atoms with Gasteiger partial charge in [0.2, 0.25) is 5.88 Å². The molecule has 3 aromatic carbocycles. The standard InChI is InChI=1S/C37H36N6O/c1-27(2)44-35-25-32-33(26-40-35)43(41-36(32)28-18-19-39-34(24-28)42-22-20-38-21-23-42)37(29-12-6-3-7-13-29,30-14-8-4-9-15-30)31-16-10-5-11-17-31/h3-19,24-27,38H,20-23H2,1-2H3. The first-order chi connectivity index (χ1) is 21.6. The second-order valence-electron chi connectivity index (χ2n) is 11.4. The van der Waals surface area contributed by atoms with E-state index in [9.17, 15) is 0 Å². The first kappa shape index (κ1) is 27.8. The van der Waals surface area contributed by atoms with Gasteiger partial charge in [0.1, 0.15) is 17.1 Å².